The van der Waals surface area contributed by atoms with E-state index < -0.39 is 92.4 Å². The Morgan fingerprint density at radius 3 is 2.44 bits per heavy atom. The zero-order chi connectivity index (χ0) is 40.5. The Bertz CT molecular complexity index is 2240. The van der Waals surface area contributed by atoms with Gasteiger partial charge in [0, 0.05) is 22.8 Å². The van der Waals surface area contributed by atoms with Crippen molar-refractivity contribution in [1.82, 2.24) is 25.2 Å². The summed E-state index contributed by atoms with van der Waals surface area (Å²) >= 11 is 0. The molecule has 4 amide bonds. The number of para-hydroxylation sites is 1. The number of benzene rings is 2. The van der Waals surface area contributed by atoms with Gasteiger partial charge in [0.1, 0.15) is 36.1 Å². The first-order valence-corrected chi connectivity index (χ1v) is 20.7. The topological polar surface area (TPSA) is 182 Å². The van der Waals surface area contributed by atoms with E-state index in [1.165, 1.54) is 4.90 Å². The quantitative estimate of drug-likeness (QED) is 0.325. The Morgan fingerprint density at radius 1 is 1.02 bits per heavy atom. The molecule has 8 rings (SSSR count). The van der Waals surface area contributed by atoms with E-state index >= 15 is 0 Å². The predicted octanol–water partition coefficient (Wildman–Crippen LogP) is 4.31. The van der Waals surface area contributed by atoms with Crippen LogP contribution in [0.3, 0.4) is 0 Å². The number of fused-ring (bicyclic) bond motifs is 7. The number of carbonyl (C=O) groups is 4. The number of alkyl halides is 2. The average molecular weight is 810 g/mol. The Morgan fingerprint density at radius 2 is 1.75 bits per heavy atom. The molecule has 3 heterocycles. The molecule has 1 aromatic heterocycles. The minimum Gasteiger partial charge on any atom is -0.493 e. The third kappa shape index (κ3) is 7.82. The summed E-state index contributed by atoms with van der Waals surface area (Å²) in [7, 11) is -4.14. The van der Waals surface area contributed by atoms with E-state index in [0.29, 0.717) is 29.7 Å². The summed E-state index contributed by atoms with van der Waals surface area (Å²) in [5, 5.41) is 5.15. The van der Waals surface area contributed by atoms with E-state index in [1.807, 2.05) is 59.3 Å². The molecule has 0 radical (unpaired) electrons. The maximum Gasteiger partial charge on any atom is 0.407 e. The Labute approximate surface area is 328 Å². The van der Waals surface area contributed by atoms with Crippen LogP contribution in [-0.4, -0.2) is 97.3 Å². The zero-order valence-corrected chi connectivity index (χ0v) is 32.6. The third-order valence-electron chi connectivity index (χ3n) is 11.6. The molecule has 57 heavy (non-hydrogen) atoms. The molecule has 5 atom stereocenters. The van der Waals surface area contributed by atoms with Crippen molar-refractivity contribution in [1.29, 1.82) is 0 Å². The first-order valence-electron chi connectivity index (χ1n) is 19.2. The van der Waals surface area contributed by atoms with Crippen LogP contribution in [0.4, 0.5) is 13.6 Å². The van der Waals surface area contributed by atoms with Crippen LogP contribution in [0, 0.1) is 16.7 Å². The number of hydrogen-bond acceptors (Lipinski definition) is 10. The van der Waals surface area contributed by atoms with E-state index in [-0.39, 0.29) is 32.1 Å². The first kappa shape index (κ1) is 38.8. The normalized spacial score (nSPS) is 27.2. The van der Waals surface area contributed by atoms with Gasteiger partial charge in [-0.25, -0.2) is 27.0 Å². The van der Waals surface area contributed by atoms with Crippen molar-refractivity contribution in [2.75, 3.05) is 19.8 Å². The fourth-order valence-corrected chi connectivity index (χ4v) is 9.02. The fourth-order valence-electron chi connectivity index (χ4n) is 7.66. The highest BCUT2D eigenvalue weighted by molar-refractivity contribution is 7.91. The van der Waals surface area contributed by atoms with Gasteiger partial charge in [0.2, 0.25) is 34.1 Å². The number of nitrogens with zero attached hydrogens (tertiary/aromatic N) is 2. The van der Waals surface area contributed by atoms with Crippen LogP contribution in [0.15, 0.2) is 54.6 Å². The van der Waals surface area contributed by atoms with E-state index in [9.17, 15) is 36.4 Å². The fraction of sp³-hybridized carbons (Fsp3) is 0.525. The van der Waals surface area contributed by atoms with Gasteiger partial charge in [-0.05, 0) is 67.3 Å². The largest absolute Gasteiger partial charge is 0.493 e. The summed E-state index contributed by atoms with van der Waals surface area (Å²) in [6.07, 6.45) is -3.27. The van der Waals surface area contributed by atoms with Gasteiger partial charge in [0.25, 0.3) is 5.91 Å². The summed E-state index contributed by atoms with van der Waals surface area (Å²) in [4.78, 5) is 61.8. The van der Waals surface area contributed by atoms with E-state index in [0.717, 1.165) is 23.8 Å². The number of sulfonamides is 1. The molecule has 5 aliphatic rings. The van der Waals surface area contributed by atoms with Gasteiger partial charge in [-0.15, -0.1) is 0 Å². The average Bonchev–Trinajstić information content (AvgIpc) is 4.07. The van der Waals surface area contributed by atoms with Crippen molar-refractivity contribution < 1.29 is 50.6 Å². The number of nitrogens with one attached hydrogen (secondary N) is 3. The summed E-state index contributed by atoms with van der Waals surface area (Å²) in [6, 6.07) is 14.1. The molecule has 2 unspecified atom stereocenters. The molecule has 4 fully saturated rings. The number of carbonyl (C=O) groups excluding carboxylic acids is 4. The molecule has 3 N–H and O–H groups in total. The number of pyridine rings is 1. The molecule has 2 aliphatic heterocycles. The second-order valence-electron chi connectivity index (χ2n) is 17.1. The van der Waals surface area contributed by atoms with Crippen LogP contribution in [-0.2, 0) is 29.1 Å². The lowest BCUT2D eigenvalue weighted by atomic mass is 9.85. The van der Waals surface area contributed by atoms with E-state index in [1.54, 1.807) is 20.8 Å². The molecule has 17 heteroatoms. The summed E-state index contributed by atoms with van der Waals surface area (Å²) in [5.41, 5.74) is -1.60. The van der Waals surface area contributed by atoms with Crippen LogP contribution in [0.1, 0.15) is 59.3 Å². The molecule has 1 spiro atoms. The monoisotopic (exact) mass is 809 g/mol. The van der Waals surface area contributed by atoms with Crippen molar-refractivity contribution in [3.8, 4) is 22.8 Å². The standard InChI is InChI=1S/C40H45F2N5O9S/c1-38(2,3)31-35(49)47-19-25(17-30(47)33(48)45-40(18-28(40)32(41)42)36(50)46-57(52,53)26-11-12-26)56-34-27(16-23-7-4-5-10-29(23)43-34)22-8-6-9-24(15-22)54-20-39(13-14-39)21-55-37(51)44-31/h4-10,15-16,25-26,28,30-32H,11-14,17-21H2,1-3H3,(H,44,51)(H,45,48)(H,46,50)/t25?,28-,30-,31+,40?/m0/s1. The van der Waals surface area contributed by atoms with E-state index in [2.05, 4.69) is 10.6 Å². The highest BCUT2D eigenvalue weighted by atomic mass is 32.2. The van der Waals surface area contributed by atoms with Crippen molar-refractivity contribution in [2.24, 2.45) is 16.7 Å². The molecule has 14 nitrogen and oxygen atoms in total. The number of ether oxygens (including phenoxy) is 3. The van der Waals surface area contributed by atoms with Crippen molar-refractivity contribution in [3.05, 3.63) is 54.6 Å². The molecule has 3 aromatic rings. The molecule has 4 bridgehead atoms. The first-order chi connectivity index (χ1) is 27.0. The highest BCUT2D eigenvalue weighted by Gasteiger charge is 2.67. The molecule has 2 aromatic carbocycles. The number of cyclic esters (lactones) is 1. The van der Waals surface area contributed by atoms with Crippen LogP contribution in [0.25, 0.3) is 22.0 Å². The number of rotatable bonds is 6. The van der Waals surface area contributed by atoms with E-state index in [4.69, 9.17) is 19.2 Å². The van der Waals surface area contributed by atoms with Gasteiger partial charge in [-0.2, -0.15) is 0 Å². The second-order valence-corrected chi connectivity index (χ2v) is 19.1. The van der Waals surface area contributed by atoms with Gasteiger partial charge < -0.3 is 29.7 Å². The SMILES string of the molecule is CC(C)(C)[C@@H]1NC(=O)OCC2(CC2)COc2cccc(c2)-c2cc3ccccc3nc2OC2C[C@@H](C(=O)NC3(C(=O)NS(=O)(=O)C4CC4)C[C@H]3C(F)F)N(C2)C1=O. The molecule has 304 valence electrons. The number of alkyl carbamates (subject to hydrolysis) is 1. The second kappa shape index (κ2) is 14.1. The van der Waals surface area contributed by atoms with Gasteiger partial charge in [-0.3, -0.25) is 19.1 Å². The minimum atomic E-state index is -4.14. The summed E-state index contributed by atoms with van der Waals surface area (Å²) in [6.45, 7) is 5.33. The smallest absolute Gasteiger partial charge is 0.407 e. The summed E-state index contributed by atoms with van der Waals surface area (Å²) in [5.74, 6) is -3.75. The predicted molar refractivity (Wildman–Crippen MR) is 202 cm³/mol. The van der Waals surface area contributed by atoms with Crippen LogP contribution >= 0.6 is 0 Å². The number of hydrogen-bond donors (Lipinski definition) is 3. The zero-order valence-electron chi connectivity index (χ0n) is 31.8. The lowest BCUT2D eigenvalue weighted by Crippen LogP contribution is -2.60. The molecule has 3 saturated carbocycles. The van der Waals surface area contributed by atoms with Gasteiger partial charge >= 0.3 is 6.09 Å². The number of amides is 4. The van der Waals surface area contributed by atoms with Crippen LogP contribution < -0.4 is 24.8 Å². The highest BCUT2D eigenvalue weighted by Crippen LogP contribution is 2.49. The Hall–Kier alpha value is -5.06. The lowest BCUT2D eigenvalue weighted by Gasteiger charge is -2.35. The van der Waals surface area contributed by atoms with Crippen LogP contribution in [0.5, 0.6) is 11.6 Å². The number of halogens is 2. The van der Waals surface area contributed by atoms with Crippen molar-refractivity contribution in [3.63, 3.8) is 0 Å². The Balaban J connectivity index is 1.17. The van der Waals surface area contributed by atoms with Gasteiger partial charge in [0.15, 0.2) is 0 Å². The third-order valence-corrected chi connectivity index (χ3v) is 13.4. The summed E-state index contributed by atoms with van der Waals surface area (Å²) < 4.78 is 74.2. The molecular weight excluding hydrogens is 765 g/mol. The van der Waals surface area contributed by atoms with Gasteiger partial charge in [0.05, 0.1) is 29.8 Å². The number of aromatic nitrogens is 1. The van der Waals surface area contributed by atoms with Gasteiger partial charge in [-0.1, -0.05) is 51.1 Å². The minimum absolute atomic E-state index is 0.0406. The molecule has 3 aliphatic carbocycles. The lowest BCUT2D eigenvalue weighted by molar-refractivity contribution is -0.143. The molecular formula is C40H45F2N5O9S. The Kier molecular flexibility index (Phi) is 9.59. The maximum atomic E-state index is 14.6. The maximum absolute atomic E-state index is 14.6. The molecule has 1 saturated heterocycles. The van der Waals surface area contributed by atoms with Crippen molar-refractivity contribution >= 4 is 44.7 Å². The van der Waals surface area contributed by atoms with Crippen molar-refractivity contribution in [2.45, 2.75) is 94.7 Å². The van der Waals surface area contributed by atoms with Crippen LogP contribution in [0.2, 0.25) is 0 Å².